The fraction of sp³-hybridized carbons (Fsp3) is 0.357. The van der Waals surface area contributed by atoms with Gasteiger partial charge in [-0.05, 0) is 30.7 Å². The molecule has 0 aliphatic carbocycles. The minimum Gasteiger partial charge on any atom is -0.488 e. The highest BCUT2D eigenvalue weighted by Gasteiger charge is 2.22. The highest BCUT2D eigenvalue weighted by atomic mass is 35.5. The Labute approximate surface area is 121 Å². The molecule has 19 heavy (non-hydrogen) atoms. The molecular weight excluding hydrogens is 280 g/mol. The normalized spacial score (nSPS) is 17.3. The lowest BCUT2D eigenvalue weighted by Gasteiger charge is -2.10. The zero-order valence-corrected chi connectivity index (χ0v) is 12.2. The molecule has 1 atom stereocenters. The van der Waals surface area contributed by atoms with Crippen molar-refractivity contribution in [1.29, 1.82) is 0 Å². The van der Waals surface area contributed by atoms with E-state index in [-0.39, 0.29) is 6.10 Å². The Morgan fingerprint density at radius 2 is 2.42 bits per heavy atom. The third kappa shape index (κ3) is 3.08. The summed E-state index contributed by atoms with van der Waals surface area (Å²) in [5.41, 5.74) is 2.30. The van der Waals surface area contributed by atoms with E-state index in [1.807, 2.05) is 25.1 Å². The van der Waals surface area contributed by atoms with Crippen LogP contribution in [0.15, 0.2) is 23.6 Å². The molecule has 1 N–H and O–H groups in total. The number of aromatic nitrogens is 1. The Bertz CT molecular complexity index is 585. The Balaban J connectivity index is 1.51. The summed E-state index contributed by atoms with van der Waals surface area (Å²) in [5.74, 6) is 0.959. The molecule has 0 saturated carbocycles. The van der Waals surface area contributed by atoms with Gasteiger partial charge in [-0.25, -0.2) is 4.98 Å². The maximum Gasteiger partial charge on any atom is 0.123 e. The molecule has 3 nitrogen and oxygen atoms in total. The van der Waals surface area contributed by atoms with E-state index in [1.54, 1.807) is 11.3 Å². The number of hydrogen-bond acceptors (Lipinski definition) is 4. The van der Waals surface area contributed by atoms with Gasteiger partial charge in [0.15, 0.2) is 0 Å². The van der Waals surface area contributed by atoms with Crippen molar-refractivity contribution in [1.82, 2.24) is 10.3 Å². The molecule has 3 rings (SSSR count). The van der Waals surface area contributed by atoms with Gasteiger partial charge in [0, 0.05) is 29.9 Å². The second kappa shape index (κ2) is 5.49. The molecule has 2 heterocycles. The van der Waals surface area contributed by atoms with Crippen molar-refractivity contribution >= 4 is 22.9 Å². The Morgan fingerprint density at radius 1 is 1.53 bits per heavy atom. The summed E-state index contributed by atoms with van der Waals surface area (Å²) < 4.78 is 5.87. The number of hydrogen-bond donors (Lipinski definition) is 1. The lowest BCUT2D eigenvalue weighted by molar-refractivity contribution is 0.227. The van der Waals surface area contributed by atoms with Crippen molar-refractivity contribution in [2.24, 2.45) is 0 Å². The van der Waals surface area contributed by atoms with E-state index < -0.39 is 0 Å². The summed E-state index contributed by atoms with van der Waals surface area (Å²) in [6.07, 6.45) is 1.10. The van der Waals surface area contributed by atoms with Gasteiger partial charge in [0.05, 0.1) is 10.7 Å². The predicted octanol–water partition coefficient (Wildman–Crippen LogP) is 3.20. The highest BCUT2D eigenvalue weighted by Crippen LogP contribution is 2.30. The van der Waals surface area contributed by atoms with E-state index in [2.05, 4.69) is 15.7 Å². The number of ether oxygens (including phenoxy) is 1. The summed E-state index contributed by atoms with van der Waals surface area (Å²) in [6.45, 7) is 3.64. The van der Waals surface area contributed by atoms with Gasteiger partial charge in [-0.1, -0.05) is 11.6 Å². The van der Waals surface area contributed by atoms with Gasteiger partial charge in [0.25, 0.3) is 0 Å². The van der Waals surface area contributed by atoms with E-state index in [9.17, 15) is 0 Å². The molecule has 1 aliphatic heterocycles. The van der Waals surface area contributed by atoms with Crippen LogP contribution in [0.25, 0.3) is 0 Å². The van der Waals surface area contributed by atoms with E-state index in [1.165, 1.54) is 5.56 Å². The molecular formula is C14H15ClN2OS. The van der Waals surface area contributed by atoms with E-state index in [0.29, 0.717) is 0 Å². The lowest BCUT2D eigenvalue weighted by Crippen LogP contribution is -2.29. The predicted molar refractivity (Wildman–Crippen MR) is 78.1 cm³/mol. The molecule has 2 aromatic rings. The third-order valence-corrected chi connectivity index (χ3v) is 4.17. The minimum atomic E-state index is 0.188. The van der Waals surface area contributed by atoms with Crippen molar-refractivity contribution in [3.8, 4) is 5.75 Å². The molecule has 5 heteroatoms. The van der Waals surface area contributed by atoms with Gasteiger partial charge in [-0.15, -0.1) is 11.3 Å². The number of thiazole rings is 1. The summed E-state index contributed by atoms with van der Waals surface area (Å²) in [4.78, 5) is 4.42. The zero-order valence-electron chi connectivity index (χ0n) is 10.6. The summed E-state index contributed by atoms with van der Waals surface area (Å²) in [7, 11) is 0. The van der Waals surface area contributed by atoms with Crippen LogP contribution in [0.4, 0.5) is 0 Å². The molecule has 0 bridgehead atoms. The maximum absolute atomic E-state index is 5.98. The van der Waals surface area contributed by atoms with Crippen LogP contribution in [0, 0.1) is 6.92 Å². The van der Waals surface area contributed by atoms with Crippen molar-refractivity contribution < 1.29 is 4.74 Å². The van der Waals surface area contributed by atoms with Crippen LogP contribution >= 0.6 is 22.9 Å². The topological polar surface area (TPSA) is 34.2 Å². The average Bonchev–Trinajstić information content (AvgIpc) is 2.95. The molecule has 0 amide bonds. The van der Waals surface area contributed by atoms with Crippen LogP contribution in [-0.4, -0.2) is 17.6 Å². The monoisotopic (exact) mass is 294 g/mol. The largest absolute Gasteiger partial charge is 0.488 e. The summed E-state index contributed by atoms with van der Waals surface area (Å²) in [6, 6.07) is 5.80. The maximum atomic E-state index is 5.98. The molecule has 0 radical (unpaired) electrons. The fourth-order valence-electron chi connectivity index (χ4n) is 2.25. The second-order valence-electron chi connectivity index (χ2n) is 4.68. The molecule has 1 unspecified atom stereocenters. The number of aryl methyl sites for hydroxylation is 1. The first-order valence-electron chi connectivity index (χ1n) is 6.27. The quantitative estimate of drug-likeness (QED) is 0.940. The lowest BCUT2D eigenvalue weighted by atomic mass is 10.1. The third-order valence-electron chi connectivity index (χ3n) is 3.11. The van der Waals surface area contributed by atoms with Gasteiger partial charge in [0.2, 0.25) is 0 Å². The smallest absolute Gasteiger partial charge is 0.123 e. The standard InChI is InChI=1S/C14H15ClN2OS/c1-9-17-12(8-19-9)6-16-7-13-5-10-4-11(15)2-3-14(10)18-13/h2-4,8,13,16H,5-7H2,1H3. The van der Waals surface area contributed by atoms with Crippen LogP contribution in [0.1, 0.15) is 16.3 Å². The second-order valence-corrected chi connectivity index (χ2v) is 6.18. The summed E-state index contributed by atoms with van der Waals surface area (Å²) in [5, 5.41) is 7.36. The van der Waals surface area contributed by atoms with Crippen LogP contribution in [0.5, 0.6) is 5.75 Å². The van der Waals surface area contributed by atoms with E-state index in [0.717, 1.165) is 41.0 Å². The van der Waals surface area contributed by atoms with E-state index >= 15 is 0 Å². The number of halogens is 1. The first-order valence-corrected chi connectivity index (χ1v) is 7.53. The molecule has 0 saturated heterocycles. The fourth-order valence-corrected chi connectivity index (χ4v) is 3.06. The van der Waals surface area contributed by atoms with Crippen molar-refractivity contribution in [2.75, 3.05) is 6.54 Å². The Kier molecular flexibility index (Phi) is 3.73. The van der Waals surface area contributed by atoms with Crippen molar-refractivity contribution in [2.45, 2.75) is 26.0 Å². The van der Waals surface area contributed by atoms with Crippen LogP contribution in [0.3, 0.4) is 0 Å². The molecule has 1 aliphatic rings. The summed E-state index contributed by atoms with van der Waals surface area (Å²) >= 11 is 7.66. The van der Waals surface area contributed by atoms with Gasteiger partial charge < -0.3 is 10.1 Å². The Morgan fingerprint density at radius 3 is 3.21 bits per heavy atom. The molecule has 100 valence electrons. The van der Waals surface area contributed by atoms with E-state index in [4.69, 9.17) is 16.3 Å². The van der Waals surface area contributed by atoms with Gasteiger partial charge >= 0.3 is 0 Å². The number of nitrogens with one attached hydrogen (secondary N) is 1. The number of fused-ring (bicyclic) bond motifs is 1. The average molecular weight is 295 g/mol. The van der Waals surface area contributed by atoms with Crippen LogP contribution in [-0.2, 0) is 13.0 Å². The highest BCUT2D eigenvalue weighted by molar-refractivity contribution is 7.09. The number of rotatable bonds is 4. The molecule has 1 aromatic carbocycles. The molecule has 0 spiro atoms. The first-order chi connectivity index (χ1) is 9.20. The van der Waals surface area contributed by atoms with Gasteiger partial charge in [-0.3, -0.25) is 0 Å². The van der Waals surface area contributed by atoms with Crippen molar-refractivity contribution in [3.05, 3.63) is 44.9 Å². The number of benzene rings is 1. The van der Waals surface area contributed by atoms with Crippen LogP contribution < -0.4 is 10.1 Å². The SMILES string of the molecule is Cc1nc(CNCC2Cc3cc(Cl)ccc3O2)cs1. The Hall–Kier alpha value is -1.10. The van der Waals surface area contributed by atoms with Crippen LogP contribution in [0.2, 0.25) is 5.02 Å². The molecule has 0 fully saturated rings. The van der Waals surface area contributed by atoms with Crippen molar-refractivity contribution in [3.63, 3.8) is 0 Å². The molecule has 1 aromatic heterocycles. The van der Waals surface area contributed by atoms with Gasteiger partial charge in [0.1, 0.15) is 11.9 Å². The first kappa shape index (κ1) is 12.9. The van der Waals surface area contributed by atoms with Gasteiger partial charge in [-0.2, -0.15) is 0 Å². The number of nitrogens with zero attached hydrogens (tertiary/aromatic N) is 1. The zero-order chi connectivity index (χ0) is 13.2. The minimum absolute atomic E-state index is 0.188.